The molecule has 7 heteroatoms. The zero-order valence-corrected chi connectivity index (χ0v) is 15.5. The van der Waals surface area contributed by atoms with Crippen LogP contribution in [0.3, 0.4) is 0 Å². The smallest absolute Gasteiger partial charge is 0.251 e. The van der Waals surface area contributed by atoms with E-state index in [1.807, 2.05) is 4.90 Å². The molecule has 1 heterocycles. The first-order valence-electron chi connectivity index (χ1n) is 8.68. The van der Waals surface area contributed by atoms with Crippen LogP contribution in [0.4, 0.5) is 0 Å². The third-order valence-electron chi connectivity index (χ3n) is 4.21. The molecule has 1 aromatic rings. The molecule has 1 aliphatic rings. The average Bonchev–Trinajstić information content (AvgIpc) is 2.75. The Kier molecular flexibility index (Phi) is 6.99. The first kappa shape index (κ1) is 19.4. The highest BCUT2D eigenvalue weighted by atomic mass is 32.2. The standard InChI is InChI=1S/C18H26N2O4S/c1-25(23,24)14-15-7-9-16(10-8-15)18(22)19-11-5-13-20-12-4-2-3-6-17(20)21/h7-10H,2-6,11-14H2,1H3,(H,19,22). The van der Waals surface area contributed by atoms with Crippen molar-refractivity contribution in [1.82, 2.24) is 10.2 Å². The molecule has 0 spiro atoms. The molecule has 1 aromatic carbocycles. The molecule has 138 valence electrons. The molecular weight excluding hydrogens is 340 g/mol. The van der Waals surface area contributed by atoms with Gasteiger partial charge in [-0.25, -0.2) is 8.42 Å². The molecule has 25 heavy (non-hydrogen) atoms. The quantitative estimate of drug-likeness (QED) is 0.745. The van der Waals surface area contributed by atoms with Gasteiger partial charge in [0.1, 0.15) is 0 Å². The lowest BCUT2D eigenvalue weighted by Crippen LogP contribution is -2.34. The first-order chi connectivity index (χ1) is 11.8. The Morgan fingerprint density at radius 3 is 2.56 bits per heavy atom. The van der Waals surface area contributed by atoms with Crippen molar-refractivity contribution in [3.8, 4) is 0 Å². The lowest BCUT2D eigenvalue weighted by molar-refractivity contribution is -0.130. The summed E-state index contributed by atoms with van der Waals surface area (Å²) >= 11 is 0. The molecule has 1 N–H and O–H groups in total. The van der Waals surface area contributed by atoms with E-state index in [2.05, 4.69) is 5.32 Å². The van der Waals surface area contributed by atoms with Crippen molar-refractivity contribution in [1.29, 1.82) is 0 Å². The van der Waals surface area contributed by atoms with Crippen molar-refractivity contribution in [3.05, 3.63) is 35.4 Å². The molecule has 0 aliphatic carbocycles. The molecule has 1 saturated heterocycles. The lowest BCUT2D eigenvalue weighted by Gasteiger charge is -2.20. The van der Waals surface area contributed by atoms with Crippen molar-refractivity contribution < 1.29 is 18.0 Å². The Bertz CT molecular complexity index is 698. The predicted octanol–water partition coefficient (Wildman–Crippen LogP) is 1.75. The molecule has 0 unspecified atom stereocenters. The van der Waals surface area contributed by atoms with Gasteiger partial charge in [0.2, 0.25) is 5.91 Å². The highest BCUT2D eigenvalue weighted by Gasteiger charge is 2.15. The average molecular weight is 366 g/mol. The van der Waals surface area contributed by atoms with Gasteiger partial charge >= 0.3 is 0 Å². The molecule has 2 amide bonds. The highest BCUT2D eigenvalue weighted by Crippen LogP contribution is 2.11. The van der Waals surface area contributed by atoms with Crippen molar-refractivity contribution in [3.63, 3.8) is 0 Å². The minimum absolute atomic E-state index is 0.0290. The number of likely N-dealkylation sites (tertiary alicyclic amines) is 1. The predicted molar refractivity (Wildman–Crippen MR) is 97.0 cm³/mol. The summed E-state index contributed by atoms with van der Waals surface area (Å²) in [5, 5.41) is 2.84. The Labute approximate surface area is 149 Å². The fraction of sp³-hybridized carbons (Fsp3) is 0.556. The summed E-state index contributed by atoms with van der Waals surface area (Å²) in [5.74, 6) is -0.00272. The van der Waals surface area contributed by atoms with Crippen molar-refractivity contribution in [2.75, 3.05) is 25.9 Å². The van der Waals surface area contributed by atoms with E-state index in [-0.39, 0.29) is 17.6 Å². The molecular formula is C18H26N2O4S. The third-order valence-corrected chi connectivity index (χ3v) is 5.06. The number of benzene rings is 1. The van der Waals surface area contributed by atoms with Gasteiger partial charge in [-0.2, -0.15) is 0 Å². The summed E-state index contributed by atoms with van der Waals surface area (Å²) in [5.41, 5.74) is 1.17. The van der Waals surface area contributed by atoms with E-state index in [0.717, 1.165) is 32.2 Å². The largest absolute Gasteiger partial charge is 0.352 e. The van der Waals surface area contributed by atoms with Crippen LogP contribution in [0.15, 0.2) is 24.3 Å². The third kappa shape index (κ3) is 6.86. The minimum atomic E-state index is -3.08. The molecule has 0 atom stereocenters. The van der Waals surface area contributed by atoms with Crippen molar-refractivity contribution in [2.24, 2.45) is 0 Å². The van der Waals surface area contributed by atoms with E-state index in [4.69, 9.17) is 0 Å². The van der Waals surface area contributed by atoms with Gasteiger partial charge in [0.15, 0.2) is 9.84 Å². The Morgan fingerprint density at radius 1 is 1.16 bits per heavy atom. The first-order valence-corrected chi connectivity index (χ1v) is 10.7. The molecule has 0 bridgehead atoms. The molecule has 1 aliphatic heterocycles. The summed E-state index contributed by atoms with van der Waals surface area (Å²) < 4.78 is 22.5. The number of nitrogens with one attached hydrogen (secondary N) is 1. The van der Waals surface area contributed by atoms with Crippen LogP contribution in [-0.4, -0.2) is 51.0 Å². The SMILES string of the molecule is CS(=O)(=O)Cc1ccc(C(=O)NCCCN2CCCCCC2=O)cc1. The fourth-order valence-corrected chi connectivity index (χ4v) is 3.70. The number of hydrogen-bond donors (Lipinski definition) is 1. The van der Waals surface area contributed by atoms with Gasteiger partial charge in [-0.05, 0) is 37.0 Å². The fourth-order valence-electron chi connectivity index (χ4n) is 2.90. The van der Waals surface area contributed by atoms with Crippen LogP contribution >= 0.6 is 0 Å². The molecule has 0 saturated carbocycles. The van der Waals surface area contributed by atoms with Crippen LogP contribution in [0.1, 0.15) is 48.0 Å². The van der Waals surface area contributed by atoms with E-state index in [1.165, 1.54) is 6.26 Å². The van der Waals surface area contributed by atoms with Gasteiger partial charge in [-0.15, -0.1) is 0 Å². The number of nitrogens with zero attached hydrogens (tertiary/aromatic N) is 1. The zero-order chi connectivity index (χ0) is 18.3. The van der Waals surface area contributed by atoms with Crippen LogP contribution in [0.25, 0.3) is 0 Å². The van der Waals surface area contributed by atoms with E-state index in [0.29, 0.717) is 30.6 Å². The zero-order valence-electron chi connectivity index (χ0n) is 14.7. The van der Waals surface area contributed by atoms with Gasteiger partial charge in [0.25, 0.3) is 5.91 Å². The van der Waals surface area contributed by atoms with Crippen molar-refractivity contribution in [2.45, 2.75) is 37.9 Å². The topological polar surface area (TPSA) is 83.6 Å². The number of sulfone groups is 1. The minimum Gasteiger partial charge on any atom is -0.352 e. The van der Waals surface area contributed by atoms with E-state index in [1.54, 1.807) is 24.3 Å². The van der Waals surface area contributed by atoms with Crippen LogP contribution in [-0.2, 0) is 20.4 Å². The summed E-state index contributed by atoms with van der Waals surface area (Å²) in [6.07, 6.45) is 5.67. The Hall–Kier alpha value is -1.89. The summed E-state index contributed by atoms with van der Waals surface area (Å²) in [7, 11) is -3.08. The number of amides is 2. The lowest BCUT2D eigenvalue weighted by atomic mass is 10.1. The molecule has 1 fully saturated rings. The molecule has 2 rings (SSSR count). The summed E-state index contributed by atoms with van der Waals surface area (Å²) in [6.45, 7) is 1.99. The second kappa shape index (κ2) is 8.99. The number of carbonyl (C=O) groups excluding carboxylic acids is 2. The molecule has 6 nitrogen and oxygen atoms in total. The Morgan fingerprint density at radius 2 is 1.88 bits per heavy atom. The molecule has 0 aromatic heterocycles. The summed E-state index contributed by atoms with van der Waals surface area (Å²) in [4.78, 5) is 25.9. The number of hydrogen-bond acceptors (Lipinski definition) is 4. The van der Waals surface area contributed by atoms with Gasteiger partial charge in [0.05, 0.1) is 5.75 Å². The number of carbonyl (C=O) groups is 2. The van der Waals surface area contributed by atoms with E-state index < -0.39 is 9.84 Å². The van der Waals surface area contributed by atoms with Gasteiger partial charge in [-0.3, -0.25) is 9.59 Å². The van der Waals surface area contributed by atoms with Crippen LogP contribution in [0, 0.1) is 0 Å². The van der Waals surface area contributed by atoms with E-state index >= 15 is 0 Å². The highest BCUT2D eigenvalue weighted by molar-refractivity contribution is 7.89. The summed E-state index contributed by atoms with van der Waals surface area (Å²) in [6, 6.07) is 6.58. The second-order valence-corrected chi connectivity index (χ2v) is 8.71. The van der Waals surface area contributed by atoms with Crippen LogP contribution in [0.2, 0.25) is 0 Å². The van der Waals surface area contributed by atoms with Crippen LogP contribution < -0.4 is 5.32 Å². The van der Waals surface area contributed by atoms with Crippen molar-refractivity contribution >= 4 is 21.7 Å². The van der Waals surface area contributed by atoms with E-state index in [9.17, 15) is 18.0 Å². The molecule has 0 radical (unpaired) electrons. The van der Waals surface area contributed by atoms with Gasteiger partial charge in [0, 0.05) is 37.9 Å². The maximum Gasteiger partial charge on any atom is 0.251 e. The monoisotopic (exact) mass is 366 g/mol. The normalized spacial score (nSPS) is 15.7. The maximum absolute atomic E-state index is 12.1. The van der Waals surface area contributed by atoms with Crippen LogP contribution in [0.5, 0.6) is 0 Å². The van der Waals surface area contributed by atoms with Gasteiger partial charge < -0.3 is 10.2 Å². The Balaban J connectivity index is 1.75. The second-order valence-electron chi connectivity index (χ2n) is 6.57. The maximum atomic E-state index is 12.1. The number of rotatable bonds is 7. The van der Waals surface area contributed by atoms with Gasteiger partial charge in [-0.1, -0.05) is 18.6 Å².